The number of hydrogen-bond donors (Lipinski definition) is 1. The molecule has 0 spiro atoms. The Labute approximate surface area is 147 Å². The SMILES string of the molecule is COc1ccnc(N2CCN(C[C@H](O)COCc3ccco3)CC2)n1. The van der Waals surface area contributed by atoms with Crippen molar-refractivity contribution >= 4 is 5.95 Å². The molecule has 8 nitrogen and oxygen atoms in total. The molecule has 0 aliphatic carbocycles. The van der Waals surface area contributed by atoms with Crippen molar-refractivity contribution in [2.75, 3.05) is 51.3 Å². The van der Waals surface area contributed by atoms with Crippen molar-refractivity contribution in [2.45, 2.75) is 12.7 Å². The predicted molar refractivity (Wildman–Crippen MR) is 91.6 cm³/mol. The van der Waals surface area contributed by atoms with Gasteiger partial charge >= 0.3 is 0 Å². The standard InChI is InChI=1S/C17H24N4O4/c1-23-16-4-5-18-17(19-16)21-8-6-20(7-9-21)11-14(22)12-24-13-15-3-2-10-25-15/h2-5,10,14,22H,6-9,11-13H2,1H3/t14-/m0/s1. The highest BCUT2D eigenvalue weighted by atomic mass is 16.5. The van der Waals surface area contributed by atoms with Gasteiger partial charge in [-0.25, -0.2) is 4.98 Å². The molecule has 8 heteroatoms. The fourth-order valence-electron chi connectivity index (χ4n) is 2.77. The maximum absolute atomic E-state index is 10.1. The number of nitrogens with zero attached hydrogens (tertiary/aromatic N) is 4. The monoisotopic (exact) mass is 348 g/mol. The average molecular weight is 348 g/mol. The Morgan fingerprint density at radius 3 is 2.84 bits per heavy atom. The first-order valence-electron chi connectivity index (χ1n) is 8.37. The van der Waals surface area contributed by atoms with Crippen LogP contribution in [-0.2, 0) is 11.3 Å². The van der Waals surface area contributed by atoms with Crippen LogP contribution in [0.2, 0.25) is 0 Å². The number of aliphatic hydroxyl groups excluding tert-OH is 1. The quantitative estimate of drug-likeness (QED) is 0.749. The van der Waals surface area contributed by atoms with Gasteiger partial charge in [-0.05, 0) is 12.1 Å². The lowest BCUT2D eigenvalue weighted by molar-refractivity contribution is 0.00438. The topological polar surface area (TPSA) is 84.1 Å². The summed E-state index contributed by atoms with van der Waals surface area (Å²) >= 11 is 0. The summed E-state index contributed by atoms with van der Waals surface area (Å²) in [7, 11) is 1.60. The number of hydrogen-bond acceptors (Lipinski definition) is 8. The Kier molecular flexibility index (Phi) is 6.21. The first-order valence-corrected chi connectivity index (χ1v) is 8.37. The van der Waals surface area contributed by atoms with Crippen molar-refractivity contribution in [3.05, 3.63) is 36.4 Å². The van der Waals surface area contributed by atoms with E-state index in [2.05, 4.69) is 19.8 Å². The molecule has 1 saturated heterocycles. The lowest BCUT2D eigenvalue weighted by atomic mass is 10.2. The summed E-state index contributed by atoms with van der Waals surface area (Å²) in [5.41, 5.74) is 0. The zero-order valence-corrected chi connectivity index (χ0v) is 14.4. The van der Waals surface area contributed by atoms with Gasteiger partial charge in [-0.1, -0.05) is 0 Å². The number of rotatable bonds is 8. The van der Waals surface area contributed by atoms with Crippen LogP contribution in [0.5, 0.6) is 5.88 Å². The minimum atomic E-state index is -0.519. The number of anilines is 1. The molecule has 0 radical (unpaired) electrons. The maximum atomic E-state index is 10.1. The van der Waals surface area contributed by atoms with E-state index in [9.17, 15) is 5.11 Å². The van der Waals surface area contributed by atoms with Gasteiger partial charge in [-0.2, -0.15) is 4.98 Å². The molecule has 136 valence electrons. The molecule has 0 saturated carbocycles. The lowest BCUT2D eigenvalue weighted by Crippen LogP contribution is -2.49. The Morgan fingerprint density at radius 2 is 2.12 bits per heavy atom. The number of ether oxygens (including phenoxy) is 2. The molecule has 2 aromatic rings. The molecular weight excluding hydrogens is 324 g/mol. The van der Waals surface area contributed by atoms with E-state index in [1.807, 2.05) is 12.1 Å². The lowest BCUT2D eigenvalue weighted by Gasteiger charge is -2.35. The molecule has 25 heavy (non-hydrogen) atoms. The maximum Gasteiger partial charge on any atom is 0.228 e. The normalized spacial score (nSPS) is 16.8. The first kappa shape index (κ1) is 17.7. The van der Waals surface area contributed by atoms with Gasteiger partial charge < -0.3 is 23.9 Å². The summed E-state index contributed by atoms with van der Waals surface area (Å²) in [6, 6.07) is 5.41. The molecule has 0 aromatic carbocycles. The summed E-state index contributed by atoms with van der Waals surface area (Å²) in [5.74, 6) is 2.01. The van der Waals surface area contributed by atoms with Gasteiger partial charge in [0.25, 0.3) is 0 Å². The Bertz CT molecular complexity index is 629. The van der Waals surface area contributed by atoms with Gasteiger partial charge in [0, 0.05) is 45.0 Å². The van der Waals surface area contributed by atoms with Gasteiger partial charge in [0.2, 0.25) is 11.8 Å². The van der Waals surface area contributed by atoms with Crippen molar-refractivity contribution in [3.63, 3.8) is 0 Å². The predicted octanol–water partition coefficient (Wildman–Crippen LogP) is 0.778. The molecule has 2 aromatic heterocycles. The summed E-state index contributed by atoms with van der Waals surface area (Å²) < 4.78 is 15.8. The van der Waals surface area contributed by atoms with Gasteiger partial charge in [0.1, 0.15) is 12.4 Å². The van der Waals surface area contributed by atoms with E-state index in [-0.39, 0.29) is 0 Å². The smallest absolute Gasteiger partial charge is 0.228 e. The van der Waals surface area contributed by atoms with E-state index in [0.29, 0.717) is 31.6 Å². The Hall–Kier alpha value is -2.16. The van der Waals surface area contributed by atoms with E-state index in [0.717, 1.165) is 31.9 Å². The number of aliphatic hydroxyl groups is 1. The molecule has 1 fully saturated rings. The van der Waals surface area contributed by atoms with Crippen molar-refractivity contribution in [2.24, 2.45) is 0 Å². The molecule has 1 N–H and O–H groups in total. The molecule has 1 atom stereocenters. The summed E-state index contributed by atoms with van der Waals surface area (Å²) in [6.45, 7) is 4.57. The number of furan rings is 1. The van der Waals surface area contributed by atoms with Crippen LogP contribution in [0.4, 0.5) is 5.95 Å². The van der Waals surface area contributed by atoms with Crippen LogP contribution in [0.15, 0.2) is 35.1 Å². The highest BCUT2D eigenvalue weighted by Gasteiger charge is 2.21. The Balaban J connectivity index is 1.38. The van der Waals surface area contributed by atoms with E-state index in [4.69, 9.17) is 13.9 Å². The van der Waals surface area contributed by atoms with Gasteiger partial charge in [-0.3, -0.25) is 4.90 Å². The molecule has 0 unspecified atom stereocenters. The van der Waals surface area contributed by atoms with E-state index in [1.165, 1.54) is 0 Å². The van der Waals surface area contributed by atoms with E-state index < -0.39 is 6.10 Å². The van der Waals surface area contributed by atoms with Crippen LogP contribution in [-0.4, -0.2) is 72.5 Å². The summed E-state index contributed by atoms with van der Waals surface area (Å²) in [4.78, 5) is 13.0. The first-order chi connectivity index (χ1) is 12.2. The summed E-state index contributed by atoms with van der Waals surface area (Å²) in [6.07, 6.45) is 2.79. The minimum Gasteiger partial charge on any atom is -0.481 e. The number of aromatic nitrogens is 2. The van der Waals surface area contributed by atoms with Crippen LogP contribution in [0.1, 0.15) is 5.76 Å². The Morgan fingerprint density at radius 1 is 1.28 bits per heavy atom. The molecule has 1 aliphatic rings. The fourth-order valence-corrected chi connectivity index (χ4v) is 2.77. The second-order valence-electron chi connectivity index (χ2n) is 5.93. The fraction of sp³-hybridized carbons (Fsp3) is 0.529. The minimum absolute atomic E-state index is 0.292. The molecule has 0 bridgehead atoms. The number of piperazine rings is 1. The third-order valence-corrected chi connectivity index (χ3v) is 4.09. The van der Waals surface area contributed by atoms with Crippen LogP contribution in [0, 0.1) is 0 Å². The van der Waals surface area contributed by atoms with Crippen molar-refractivity contribution in [3.8, 4) is 5.88 Å². The molecule has 3 heterocycles. The zero-order chi connectivity index (χ0) is 17.5. The number of β-amino-alcohol motifs (C(OH)–C–C–N with tert-alkyl or cyclic N) is 1. The average Bonchev–Trinajstić information content (AvgIpc) is 3.16. The van der Waals surface area contributed by atoms with Crippen molar-refractivity contribution < 1.29 is 19.0 Å². The van der Waals surface area contributed by atoms with Crippen LogP contribution in [0.25, 0.3) is 0 Å². The highest BCUT2D eigenvalue weighted by molar-refractivity contribution is 5.32. The molecular formula is C17H24N4O4. The molecule has 3 rings (SSSR count). The van der Waals surface area contributed by atoms with Gasteiger partial charge in [0.15, 0.2) is 0 Å². The van der Waals surface area contributed by atoms with E-state index in [1.54, 1.807) is 25.6 Å². The van der Waals surface area contributed by atoms with E-state index >= 15 is 0 Å². The third-order valence-electron chi connectivity index (χ3n) is 4.09. The zero-order valence-electron chi connectivity index (χ0n) is 14.4. The second-order valence-corrected chi connectivity index (χ2v) is 5.93. The van der Waals surface area contributed by atoms with Crippen molar-refractivity contribution in [1.29, 1.82) is 0 Å². The third kappa shape index (κ3) is 5.15. The number of methoxy groups -OCH3 is 1. The molecule has 1 aliphatic heterocycles. The largest absolute Gasteiger partial charge is 0.481 e. The van der Waals surface area contributed by atoms with Gasteiger partial charge in [0.05, 0.1) is 26.1 Å². The second kappa shape index (κ2) is 8.80. The van der Waals surface area contributed by atoms with Crippen LogP contribution < -0.4 is 9.64 Å². The van der Waals surface area contributed by atoms with Crippen LogP contribution >= 0.6 is 0 Å². The molecule has 0 amide bonds. The van der Waals surface area contributed by atoms with Crippen molar-refractivity contribution in [1.82, 2.24) is 14.9 Å². The van der Waals surface area contributed by atoms with Gasteiger partial charge in [-0.15, -0.1) is 0 Å². The summed E-state index contributed by atoms with van der Waals surface area (Å²) in [5, 5.41) is 10.1. The highest BCUT2D eigenvalue weighted by Crippen LogP contribution is 2.14. The van der Waals surface area contributed by atoms with Crippen LogP contribution in [0.3, 0.4) is 0 Å².